The van der Waals surface area contributed by atoms with E-state index in [1.165, 1.54) is 0 Å². The van der Waals surface area contributed by atoms with Crippen LogP contribution < -0.4 is 5.56 Å². The van der Waals surface area contributed by atoms with Crippen molar-refractivity contribution in [1.29, 1.82) is 0 Å². The first-order chi connectivity index (χ1) is 9.68. The average molecular weight is 271 g/mol. The lowest BCUT2D eigenvalue weighted by molar-refractivity contribution is 0.0630. The van der Waals surface area contributed by atoms with Crippen LogP contribution in [0, 0.1) is 0 Å². The Bertz CT molecular complexity index is 708. The lowest BCUT2D eigenvalue weighted by Crippen LogP contribution is -2.42. The fourth-order valence-corrected chi connectivity index (χ4v) is 2.81. The van der Waals surface area contributed by atoms with Crippen molar-refractivity contribution in [3.8, 4) is 0 Å². The fourth-order valence-electron chi connectivity index (χ4n) is 2.81. The summed E-state index contributed by atoms with van der Waals surface area (Å²) in [5.41, 5.74) is 0.0813. The lowest BCUT2D eigenvalue weighted by atomic mass is 10.0. The van der Waals surface area contributed by atoms with Crippen LogP contribution in [0.3, 0.4) is 0 Å². The van der Waals surface area contributed by atoms with E-state index in [1.54, 1.807) is 18.2 Å². The number of carbonyl (C=O) groups is 1. The van der Waals surface area contributed by atoms with Gasteiger partial charge in [-0.05, 0) is 32.3 Å². The van der Waals surface area contributed by atoms with Crippen LogP contribution in [-0.2, 0) is 0 Å². The summed E-state index contributed by atoms with van der Waals surface area (Å²) in [5.74, 6) is -0.0929. The molecule has 1 aromatic carbocycles. The van der Waals surface area contributed by atoms with E-state index in [1.807, 2.05) is 11.0 Å². The highest BCUT2D eigenvalue weighted by atomic mass is 16.2. The first kappa shape index (κ1) is 12.8. The predicted octanol–water partition coefficient (Wildman–Crippen LogP) is 1.94. The van der Waals surface area contributed by atoms with E-state index < -0.39 is 0 Å². The molecule has 0 unspecified atom stereocenters. The number of carbonyl (C=O) groups excluding carboxylic acids is 1. The number of nitrogens with zero attached hydrogens (tertiary/aromatic N) is 2. The standard InChI is InChI=1S/C15H17N3O2/c1-10-6-4-5-9-18(10)15(20)13-11-7-2-3-8-12(11)14(19)17-16-13/h2-3,7-8,10H,4-6,9H2,1H3,(H,17,19)/t10-/m0/s1. The molecule has 2 heterocycles. The smallest absolute Gasteiger partial charge is 0.275 e. The number of aromatic nitrogens is 2. The Hall–Kier alpha value is -2.17. The summed E-state index contributed by atoms with van der Waals surface area (Å²) in [6, 6.07) is 7.32. The molecule has 104 valence electrons. The molecule has 0 radical (unpaired) electrons. The van der Waals surface area contributed by atoms with E-state index in [0.717, 1.165) is 25.8 Å². The monoisotopic (exact) mass is 271 g/mol. The second-order valence-electron chi connectivity index (χ2n) is 5.29. The van der Waals surface area contributed by atoms with Gasteiger partial charge in [0.2, 0.25) is 0 Å². The number of likely N-dealkylation sites (tertiary alicyclic amines) is 1. The first-order valence-corrected chi connectivity index (χ1v) is 6.97. The van der Waals surface area contributed by atoms with E-state index in [0.29, 0.717) is 16.5 Å². The summed E-state index contributed by atoms with van der Waals surface area (Å²) in [5, 5.41) is 7.55. The molecule has 1 N–H and O–H groups in total. The molecule has 1 fully saturated rings. The van der Waals surface area contributed by atoms with Crippen LogP contribution in [0.2, 0.25) is 0 Å². The summed E-state index contributed by atoms with van der Waals surface area (Å²) in [6.45, 7) is 2.82. The van der Waals surface area contributed by atoms with Gasteiger partial charge < -0.3 is 4.90 Å². The van der Waals surface area contributed by atoms with E-state index >= 15 is 0 Å². The van der Waals surface area contributed by atoms with Gasteiger partial charge in [-0.15, -0.1) is 0 Å². The molecule has 1 amide bonds. The van der Waals surface area contributed by atoms with Crippen molar-refractivity contribution < 1.29 is 4.79 Å². The maximum Gasteiger partial charge on any atom is 0.275 e. The summed E-state index contributed by atoms with van der Waals surface area (Å²) in [7, 11) is 0. The summed E-state index contributed by atoms with van der Waals surface area (Å²) < 4.78 is 0. The van der Waals surface area contributed by atoms with Gasteiger partial charge >= 0.3 is 0 Å². The highest BCUT2D eigenvalue weighted by molar-refractivity contribution is 6.04. The summed E-state index contributed by atoms with van der Waals surface area (Å²) >= 11 is 0. The zero-order valence-corrected chi connectivity index (χ0v) is 11.4. The minimum absolute atomic E-state index is 0.0929. The number of nitrogens with one attached hydrogen (secondary N) is 1. The Morgan fingerprint density at radius 2 is 2.05 bits per heavy atom. The third kappa shape index (κ3) is 2.09. The van der Waals surface area contributed by atoms with Crippen molar-refractivity contribution in [1.82, 2.24) is 15.1 Å². The van der Waals surface area contributed by atoms with E-state index in [-0.39, 0.29) is 17.5 Å². The minimum atomic E-state index is -0.260. The molecule has 0 saturated carbocycles. The summed E-state index contributed by atoms with van der Waals surface area (Å²) in [6.07, 6.45) is 3.20. The Kier molecular flexibility index (Phi) is 3.26. The van der Waals surface area contributed by atoms with Gasteiger partial charge in [0, 0.05) is 18.0 Å². The van der Waals surface area contributed by atoms with Crippen LogP contribution in [0.4, 0.5) is 0 Å². The fraction of sp³-hybridized carbons (Fsp3) is 0.400. The number of H-pyrrole nitrogens is 1. The van der Waals surface area contributed by atoms with Crippen LogP contribution in [0.5, 0.6) is 0 Å². The number of amides is 1. The molecule has 2 aromatic rings. The Morgan fingerprint density at radius 1 is 1.30 bits per heavy atom. The Balaban J connectivity index is 2.08. The zero-order valence-electron chi connectivity index (χ0n) is 11.4. The molecule has 1 saturated heterocycles. The second-order valence-corrected chi connectivity index (χ2v) is 5.29. The lowest BCUT2D eigenvalue weighted by Gasteiger charge is -2.33. The second kappa shape index (κ2) is 5.07. The van der Waals surface area contributed by atoms with E-state index in [4.69, 9.17) is 0 Å². The van der Waals surface area contributed by atoms with Crippen molar-refractivity contribution in [2.75, 3.05) is 6.54 Å². The minimum Gasteiger partial charge on any atom is -0.335 e. The third-order valence-corrected chi connectivity index (χ3v) is 3.96. The number of aromatic amines is 1. The molecule has 20 heavy (non-hydrogen) atoms. The van der Waals surface area contributed by atoms with Gasteiger partial charge in [-0.3, -0.25) is 9.59 Å². The van der Waals surface area contributed by atoms with Gasteiger partial charge in [0.1, 0.15) is 0 Å². The first-order valence-electron chi connectivity index (χ1n) is 6.97. The molecule has 5 heteroatoms. The average Bonchev–Trinajstić information content (AvgIpc) is 2.48. The summed E-state index contributed by atoms with van der Waals surface area (Å²) in [4.78, 5) is 26.3. The largest absolute Gasteiger partial charge is 0.335 e. The molecule has 1 aliphatic rings. The van der Waals surface area contributed by atoms with Crippen molar-refractivity contribution in [2.24, 2.45) is 0 Å². The van der Waals surface area contributed by atoms with Crippen LogP contribution in [0.25, 0.3) is 10.8 Å². The van der Waals surface area contributed by atoms with E-state index in [2.05, 4.69) is 17.1 Å². The van der Waals surface area contributed by atoms with Crippen LogP contribution >= 0.6 is 0 Å². The number of benzene rings is 1. The number of hydrogen-bond acceptors (Lipinski definition) is 3. The Labute approximate surface area is 116 Å². The molecule has 5 nitrogen and oxygen atoms in total. The molecule has 0 spiro atoms. The molecule has 1 aliphatic heterocycles. The SMILES string of the molecule is C[C@H]1CCCCN1C(=O)c1n[nH]c(=O)c2ccccc12. The molecule has 1 atom stereocenters. The van der Waals surface area contributed by atoms with Gasteiger partial charge in [0.15, 0.2) is 5.69 Å². The van der Waals surface area contributed by atoms with Crippen molar-refractivity contribution >= 4 is 16.7 Å². The van der Waals surface area contributed by atoms with Crippen LogP contribution in [0.1, 0.15) is 36.7 Å². The number of fused-ring (bicyclic) bond motifs is 1. The Morgan fingerprint density at radius 3 is 2.80 bits per heavy atom. The van der Waals surface area contributed by atoms with Crippen molar-refractivity contribution in [2.45, 2.75) is 32.2 Å². The normalized spacial score (nSPS) is 19.2. The topological polar surface area (TPSA) is 66.1 Å². The van der Waals surface area contributed by atoms with Gasteiger partial charge in [0.05, 0.1) is 5.39 Å². The molecule has 0 aliphatic carbocycles. The zero-order chi connectivity index (χ0) is 14.1. The molecule has 1 aromatic heterocycles. The quantitative estimate of drug-likeness (QED) is 0.862. The van der Waals surface area contributed by atoms with Crippen molar-refractivity contribution in [3.63, 3.8) is 0 Å². The molecule has 0 bridgehead atoms. The molecular weight excluding hydrogens is 254 g/mol. The van der Waals surface area contributed by atoms with Crippen LogP contribution in [0.15, 0.2) is 29.1 Å². The number of piperidine rings is 1. The maximum absolute atomic E-state index is 12.7. The van der Waals surface area contributed by atoms with Crippen LogP contribution in [-0.4, -0.2) is 33.6 Å². The van der Waals surface area contributed by atoms with Gasteiger partial charge in [-0.1, -0.05) is 18.2 Å². The number of hydrogen-bond donors (Lipinski definition) is 1. The predicted molar refractivity (Wildman–Crippen MR) is 76.7 cm³/mol. The molecular formula is C15H17N3O2. The van der Waals surface area contributed by atoms with Gasteiger partial charge in [-0.25, -0.2) is 5.10 Å². The third-order valence-electron chi connectivity index (χ3n) is 3.96. The maximum atomic E-state index is 12.7. The van der Waals surface area contributed by atoms with Gasteiger partial charge in [-0.2, -0.15) is 5.10 Å². The van der Waals surface area contributed by atoms with Gasteiger partial charge in [0.25, 0.3) is 11.5 Å². The van der Waals surface area contributed by atoms with E-state index in [9.17, 15) is 9.59 Å². The van der Waals surface area contributed by atoms with Crippen molar-refractivity contribution in [3.05, 3.63) is 40.3 Å². The highest BCUT2D eigenvalue weighted by Gasteiger charge is 2.26. The highest BCUT2D eigenvalue weighted by Crippen LogP contribution is 2.21. The molecule has 3 rings (SSSR count). The number of rotatable bonds is 1.